The number of methoxy groups -OCH3 is 1. The van der Waals surface area contributed by atoms with Crippen molar-refractivity contribution >= 4 is 11.7 Å². The number of benzene rings is 3. The van der Waals surface area contributed by atoms with E-state index in [4.69, 9.17) is 9.47 Å². The summed E-state index contributed by atoms with van der Waals surface area (Å²) in [6.45, 7) is 3.75. The van der Waals surface area contributed by atoms with Gasteiger partial charge < -0.3 is 14.4 Å². The summed E-state index contributed by atoms with van der Waals surface area (Å²) in [7, 11) is 1.45. The minimum atomic E-state index is -0.941. The summed E-state index contributed by atoms with van der Waals surface area (Å²) >= 11 is 0. The first-order valence-electron chi connectivity index (χ1n) is 11.4. The average molecular weight is 510 g/mol. The largest absolute Gasteiger partial charge is 0.496 e. The molecule has 4 aromatic rings. The summed E-state index contributed by atoms with van der Waals surface area (Å²) in [6.07, 6.45) is 0. The summed E-state index contributed by atoms with van der Waals surface area (Å²) in [5, 5.41) is 7.46. The molecule has 0 aliphatic rings. The highest BCUT2D eigenvalue weighted by molar-refractivity contribution is 5.93. The van der Waals surface area contributed by atoms with Gasteiger partial charge in [0, 0.05) is 11.7 Å². The van der Waals surface area contributed by atoms with Crippen molar-refractivity contribution in [2.24, 2.45) is 0 Å². The van der Waals surface area contributed by atoms with Crippen molar-refractivity contribution in [3.63, 3.8) is 0 Å². The predicted molar refractivity (Wildman–Crippen MR) is 132 cm³/mol. The topological polar surface area (TPSA) is 91.5 Å². The van der Waals surface area contributed by atoms with E-state index in [9.17, 15) is 18.4 Å². The van der Waals surface area contributed by atoms with Crippen molar-refractivity contribution < 1.29 is 23.0 Å². The lowest BCUT2D eigenvalue weighted by molar-refractivity contribution is 0.0469. The summed E-state index contributed by atoms with van der Waals surface area (Å²) in [4.78, 5) is 27.6. The van der Waals surface area contributed by atoms with Crippen LogP contribution < -0.4 is 15.3 Å². The monoisotopic (exact) mass is 509 g/mol. The van der Waals surface area contributed by atoms with Gasteiger partial charge in [0.25, 0.3) is 0 Å². The van der Waals surface area contributed by atoms with Crippen molar-refractivity contribution in [1.29, 1.82) is 0 Å². The highest BCUT2D eigenvalue weighted by Gasteiger charge is 2.22. The average Bonchev–Trinajstić information content (AvgIpc) is 3.25. The van der Waals surface area contributed by atoms with Gasteiger partial charge in [-0.2, -0.15) is 9.36 Å². The van der Waals surface area contributed by atoms with Gasteiger partial charge in [-0.05, 0) is 60.2 Å². The van der Waals surface area contributed by atoms with Gasteiger partial charge in [0.15, 0.2) is 11.6 Å². The van der Waals surface area contributed by atoms with E-state index in [0.717, 1.165) is 22.4 Å². The van der Waals surface area contributed by atoms with Crippen LogP contribution in [0.25, 0.3) is 5.69 Å². The van der Waals surface area contributed by atoms with Crippen LogP contribution in [0.15, 0.2) is 71.5 Å². The van der Waals surface area contributed by atoms with Crippen LogP contribution in [-0.4, -0.2) is 38.9 Å². The Balaban J connectivity index is 1.62. The third kappa shape index (κ3) is 5.50. The molecule has 0 bridgehead atoms. The number of rotatable bonds is 9. The molecular weight excluding hydrogens is 484 g/mol. The first kappa shape index (κ1) is 25.5. The fourth-order valence-electron chi connectivity index (χ4n) is 3.72. The molecule has 0 spiro atoms. The summed E-state index contributed by atoms with van der Waals surface area (Å²) < 4.78 is 40.8. The molecule has 0 saturated heterocycles. The maximum atomic E-state index is 14.2. The molecule has 9 nitrogen and oxygen atoms in total. The number of tetrazole rings is 1. The van der Waals surface area contributed by atoms with Crippen LogP contribution in [-0.2, 0) is 18.0 Å². The van der Waals surface area contributed by atoms with Gasteiger partial charge in [-0.15, -0.1) is 0 Å². The number of carbonyl (C=O) groups excluding carboxylic acids is 1. The smallest absolute Gasteiger partial charge is 0.370 e. The Kier molecular flexibility index (Phi) is 7.61. The Morgan fingerprint density at radius 3 is 2.35 bits per heavy atom. The molecule has 192 valence electrons. The molecule has 0 aliphatic carbocycles. The maximum Gasteiger partial charge on any atom is 0.370 e. The molecule has 0 unspecified atom stereocenters. The molecule has 0 amide bonds. The van der Waals surface area contributed by atoms with E-state index in [-0.39, 0.29) is 24.9 Å². The van der Waals surface area contributed by atoms with Crippen molar-refractivity contribution in [2.75, 3.05) is 12.0 Å². The molecule has 37 heavy (non-hydrogen) atoms. The van der Waals surface area contributed by atoms with Crippen LogP contribution in [0, 0.1) is 11.6 Å². The first-order valence-corrected chi connectivity index (χ1v) is 11.4. The zero-order valence-electron chi connectivity index (χ0n) is 20.5. The van der Waals surface area contributed by atoms with Crippen molar-refractivity contribution in [3.05, 3.63) is 100.0 Å². The van der Waals surface area contributed by atoms with Crippen LogP contribution in [0.4, 0.5) is 14.5 Å². The number of halogens is 2. The standard InChI is InChI=1S/C26H25F2N5O4/c1-17(2)31(16-32-26(35)33(30-29-32)24-21(27)10-7-11-22(24)28)19-12-13-23(36-3)20(14-19)25(34)37-15-18-8-5-4-6-9-18/h4-14,17H,15-16H2,1-3H3. The number of ether oxygens (including phenoxy) is 2. The quantitative estimate of drug-likeness (QED) is 0.316. The van der Waals surface area contributed by atoms with E-state index in [1.165, 1.54) is 13.2 Å². The second-order valence-electron chi connectivity index (χ2n) is 8.39. The molecule has 1 aromatic heterocycles. The maximum absolute atomic E-state index is 14.2. The zero-order valence-corrected chi connectivity index (χ0v) is 20.5. The molecule has 0 fully saturated rings. The van der Waals surface area contributed by atoms with Crippen molar-refractivity contribution in [2.45, 2.75) is 33.2 Å². The van der Waals surface area contributed by atoms with Crippen LogP contribution in [0.2, 0.25) is 0 Å². The molecule has 0 saturated carbocycles. The van der Waals surface area contributed by atoms with Crippen LogP contribution >= 0.6 is 0 Å². The normalized spacial score (nSPS) is 11.0. The Hall–Kier alpha value is -4.54. The van der Waals surface area contributed by atoms with Gasteiger partial charge in [0.2, 0.25) is 0 Å². The number of carbonyl (C=O) groups is 1. The predicted octanol–water partition coefficient (Wildman–Crippen LogP) is 3.95. The zero-order chi connectivity index (χ0) is 26.5. The van der Waals surface area contributed by atoms with E-state index < -0.39 is 29.0 Å². The second-order valence-corrected chi connectivity index (χ2v) is 8.39. The van der Waals surface area contributed by atoms with Gasteiger partial charge in [0.05, 0.1) is 7.11 Å². The van der Waals surface area contributed by atoms with Gasteiger partial charge in [-0.25, -0.2) is 18.4 Å². The van der Waals surface area contributed by atoms with Gasteiger partial charge >= 0.3 is 11.7 Å². The van der Waals surface area contributed by atoms with Gasteiger partial charge in [-0.1, -0.05) is 36.4 Å². The number of para-hydroxylation sites is 1. The Labute approximate surface area is 211 Å². The molecule has 11 heteroatoms. The van der Waals surface area contributed by atoms with E-state index in [0.29, 0.717) is 16.1 Å². The molecule has 0 N–H and O–H groups in total. The van der Waals surface area contributed by atoms with Crippen LogP contribution in [0.1, 0.15) is 29.8 Å². The minimum absolute atomic E-state index is 0.0893. The fourth-order valence-corrected chi connectivity index (χ4v) is 3.72. The number of hydrogen-bond donors (Lipinski definition) is 0. The number of anilines is 1. The van der Waals surface area contributed by atoms with Crippen LogP contribution in [0.5, 0.6) is 5.75 Å². The number of aromatic nitrogens is 4. The van der Waals surface area contributed by atoms with Crippen LogP contribution in [0.3, 0.4) is 0 Å². The minimum Gasteiger partial charge on any atom is -0.496 e. The fraction of sp³-hybridized carbons (Fsp3) is 0.231. The molecule has 0 atom stereocenters. The van der Waals surface area contributed by atoms with Gasteiger partial charge in [-0.3, -0.25) is 0 Å². The third-order valence-corrected chi connectivity index (χ3v) is 5.65. The molecule has 4 rings (SSSR count). The second kappa shape index (κ2) is 11.0. The molecule has 0 aliphatic heterocycles. The molecule has 3 aromatic carbocycles. The summed E-state index contributed by atoms with van der Waals surface area (Å²) in [6, 6.07) is 17.3. The number of hydrogen-bond acceptors (Lipinski definition) is 7. The molecule has 0 radical (unpaired) electrons. The molecular formula is C26H25F2N5O4. The Morgan fingerprint density at radius 2 is 1.70 bits per heavy atom. The summed E-state index contributed by atoms with van der Waals surface area (Å²) in [5.41, 5.74) is 0.170. The third-order valence-electron chi connectivity index (χ3n) is 5.65. The summed E-state index contributed by atoms with van der Waals surface area (Å²) in [5.74, 6) is -2.14. The Morgan fingerprint density at radius 1 is 1.00 bits per heavy atom. The number of nitrogens with zero attached hydrogens (tertiary/aromatic N) is 5. The SMILES string of the molecule is COc1ccc(N(Cn2nnn(-c3c(F)cccc3F)c2=O)C(C)C)cc1C(=O)OCc1ccccc1. The lowest BCUT2D eigenvalue weighted by atomic mass is 10.1. The first-order chi connectivity index (χ1) is 17.8. The lowest BCUT2D eigenvalue weighted by Crippen LogP contribution is -2.38. The van der Waals surface area contributed by atoms with E-state index in [1.807, 2.05) is 44.2 Å². The highest BCUT2D eigenvalue weighted by Crippen LogP contribution is 2.27. The van der Waals surface area contributed by atoms with Gasteiger partial charge in [0.1, 0.15) is 30.3 Å². The van der Waals surface area contributed by atoms with E-state index >= 15 is 0 Å². The number of esters is 1. The highest BCUT2D eigenvalue weighted by atomic mass is 19.1. The van der Waals surface area contributed by atoms with Crippen molar-refractivity contribution in [1.82, 2.24) is 19.8 Å². The lowest BCUT2D eigenvalue weighted by Gasteiger charge is -2.28. The van der Waals surface area contributed by atoms with E-state index in [1.54, 1.807) is 23.1 Å². The molecule has 1 heterocycles. The Bertz CT molecular complexity index is 1430. The van der Waals surface area contributed by atoms with E-state index in [2.05, 4.69) is 10.4 Å². The van der Waals surface area contributed by atoms with Crippen molar-refractivity contribution in [3.8, 4) is 11.4 Å².